The van der Waals surface area contributed by atoms with Gasteiger partial charge in [0.15, 0.2) is 0 Å². The predicted molar refractivity (Wildman–Crippen MR) is 129 cm³/mol. The number of halogens is 1. The SMILES string of the molecule is C=C(/C=C\C=C/C)C(CC)CCN(C)C(/C=C(Cl)\C=C\NNC)=C(C)C.CC. The Bertz CT molecular complexity index is 564. The summed E-state index contributed by atoms with van der Waals surface area (Å²) in [6.45, 7) is 17.6. The highest BCUT2D eigenvalue weighted by atomic mass is 35.5. The molecule has 28 heavy (non-hydrogen) atoms. The van der Waals surface area contributed by atoms with Crippen molar-refractivity contribution in [2.45, 2.75) is 54.4 Å². The minimum atomic E-state index is 0.483. The topological polar surface area (TPSA) is 27.3 Å². The average molecular weight is 408 g/mol. The summed E-state index contributed by atoms with van der Waals surface area (Å²) in [4.78, 5) is 2.27. The summed E-state index contributed by atoms with van der Waals surface area (Å²) in [7, 11) is 3.92. The molecule has 0 aliphatic rings. The molecule has 0 fully saturated rings. The summed E-state index contributed by atoms with van der Waals surface area (Å²) in [6, 6.07) is 0. The molecule has 0 aliphatic carbocycles. The van der Waals surface area contributed by atoms with Crippen LogP contribution in [-0.4, -0.2) is 25.5 Å². The first-order valence-electron chi connectivity index (χ1n) is 10.2. The van der Waals surface area contributed by atoms with Crippen molar-refractivity contribution in [3.05, 3.63) is 71.1 Å². The van der Waals surface area contributed by atoms with E-state index in [1.165, 1.54) is 11.1 Å². The first-order valence-corrected chi connectivity index (χ1v) is 10.6. The molecule has 0 bridgehead atoms. The van der Waals surface area contributed by atoms with Gasteiger partial charge < -0.3 is 10.3 Å². The zero-order valence-corrected chi connectivity index (χ0v) is 20.0. The zero-order chi connectivity index (χ0) is 21.9. The molecule has 0 heterocycles. The monoisotopic (exact) mass is 407 g/mol. The van der Waals surface area contributed by atoms with E-state index < -0.39 is 0 Å². The van der Waals surface area contributed by atoms with Crippen molar-refractivity contribution in [2.75, 3.05) is 20.6 Å². The Balaban J connectivity index is 0. The van der Waals surface area contributed by atoms with Crippen LogP contribution in [0.15, 0.2) is 71.1 Å². The highest BCUT2D eigenvalue weighted by Crippen LogP contribution is 2.22. The van der Waals surface area contributed by atoms with E-state index in [-0.39, 0.29) is 0 Å². The maximum atomic E-state index is 6.33. The van der Waals surface area contributed by atoms with Gasteiger partial charge in [-0.05, 0) is 51.7 Å². The Hall–Kier alpha value is -1.71. The molecule has 0 aromatic rings. The van der Waals surface area contributed by atoms with Gasteiger partial charge in [0, 0.05) is 37.6 Å². The van der Waals surface area contributed by atoms with Crippen LogP contribution >= 0.6 is 11.6 Å². The Morgan fingerprint density at radius 2 is 1.82 bits per heavy atom. The maximum absolute atomic E-state index is 6.33. The summed E-state index contributed by atoms with van der Waals surface area (Å²) in [5.74, 6) is 0.483. The van der Waals surface area contributed by atoms with E-state index in [0.717, 1.165) is 25.1 Å². The van der Waals surface area contributed by atoms with Crippen LogP contribution in [0.4, 0.5) is 0 Å². The fourth-order valence-corrected chi connectivity index (χ4v) is 2.73. The van der Waals surface area contributed by atoms with E-state index in [1.807, 2.05) is 52.1 Å². The molecule has 0 aromatic heterocycles. The van der Waals surface area contributed by atoms with Crippen molar-refractivity contribution in [1.82, 2.24) is 15.8 Å². The summed E-state index contributed by atoms with van der Waals surface area (Å²) in [5, 5.41) is 0.682. The number of likely N-dealkylation sites (N-methyl/N-ethyl adjacent to an activating group) is 1. The normalized spacial score (nSPS) is 12.8. The van der Waals surface area contributed by atoms with Gasteiger partial charge >= 0.3 is 0 Å². The summed E-state index contributed by atoms with van der Waals surface area (Å²) >= 11 is 6.33. The largest absolute Gasteiger partial charge is 0.375 e. The summed E-state index contributed by atoms with van der Waals surface area (Å²) in [6.07, 6.45) is 16.0. The second-order valence-electron chi connectivity index (χ2n) is 6.42. The quantitative estimate of drug-likeness (QED) is 0.278. The van der Waals surface area contributed by atoms with Crippen LogP contribution < -0.4 is 10.9 Å². The number of hydrogen-bond acceptors (Lipinski definition) is 3. The van der Waals surface area contributed by atoms with Gasteiger partial charge in [0.05, 0.1) is 0 Å². The fraction of sp³-hybridized carbons (Fsp3) is 0.500. The van der Waals surface area contributed by atoms with Crippen LogP contribution in [0.25, 0.3) is 0 Å². The predicted octanol–water partition coefficient (Wildman–Crippen LogP) is 6.70. The highest BCUT2D eigenvalue weighted by molar-refractivity contribution is 6.31. The number of nitrogens with one attached hydrogen (secondary N) is 2. The molecular weight excluding hydrogens is 366 g/mol. The fourth-order valence-electron chi connectivity index (χ4n) is 2.57. The first kappa shape index (κ1) is 28.5. The van der Waals surface area contributed by atoms with E-state index in [2.05, 4.69) is 62.3 Å². The number of rotatable bonds is 12. The molecule has 2 N–H and O–H groups in total. The van der Waals surface area contributed by atoms with Gasteiger partial charge in [0.25, 0.3) is 0 Å². The number of allylic oxidation sites excluding steroid dienone is 9. The second-order valence-corrected chi connectivity index (χ2v) is 6.85. The molecule has 0 aromatic carbocycles. The maximum Gasteiger partial charge on any atom is 0.0441 e. The van der Waals surface area contributed by atoms with E-state index in [4.69, 9.17) is 11.6 Å². The lowest BCUT2D eigenvalue weighted by molar-refractivity contribution is 0.379. The standard InChI is InChI=1S/C22H36ClN3.C2H6/c1-8-10-11-12-19(5)20(9-2)14-16-26(7)22(18(3)4)17-21(23)13-15-25-24-6;1-2/h8,10-13,15,17,20,24-25H,5,9,14,16H2,1-4,6-7H3;1-2H3/b10-8-,12-11-,15-13+,21-17+;. The average Bonchev–Trinajstić information content (AvgIpc) is 2.68. The molecule has 0 saturated heterocycles. The molecule has 1 atom stereocenters. The molecule has 1 unspecified atom stereocenters. The first-order chi connectivity index (χ1) is 13.4. The molecule has 160 valence electrons. The van der Waals surface area contributed by atoms with Crippen molar-refractivity contribution in [3.63, 3.8) is 0 Å². The third kappa shape index (κ3) is 13.5. The summed E-state index contributed by atoms with van der Waals surface area (Å²) < 4.78 is 0. The zero-order valence-electron chi connectivity index (χ0n) is 19.3. The Morgan fingerprint density at radius 3 is 2.32 bits per heavy atom. The van der Waals surface area contributed by atoms with Gasteiger partial charge in [-0.3, -0.25) is 0 Å². The molecular formula is C24H42ClN3. The van der Waals surface area contributed by atoms with Gasteiger partial charge in [-0.1, -0.05) is 74.4 Å². The van der Waals surface area contributed by atoms with E-state index in [0.29, 0.717) is 11.0 Å². The van der Waals surface area contributed by atoms with Gasteiger partial charge in [-0.25, -0.2) is 5.43 Å². The van der Waals surface area contributed by atoms with Crippen LogP contribution in [-0.2, 0) is 0 Å². The van der Waals surface area contributed by atoms with Gasteiger partial charge in [0.1, 0.15) is 0 Å². The van der Waals surface area contributed by atoms with Gasteiger partial charge in [-0.2, -0.15) is 0 Å². The molecule has 0 radical (unpaired) electrons. The van der Waals surface area contributed by atoms with Crippen LogP contribution in [0, 0.1) is 5.92 Å². The lowest BCUT2D eigenvalue weighted by Crippen LogP contribution is -2.22. The van der Waals surface area contributed by atoms with Gasteiger partial charge in [-0.15, -0.1) is 0 Å². The number of hydrogen-bond donors (Lipinski definition) is 2. The number of hydrazine groups is 1. The third-order valence-electron chi connectivity index (χ3n) is 4.11. The van der Waals surface area contributed by atoms with Crippen LogP contribution in [0.1, 0.15) is 54.4 Å². The minimum Gasteiger partial charge on any atom is -0.375 e. The van der Waals surface area contributed by atoms with E-state index in [1.54, 1.807) is 6.20 Å². The number of nitrogens with zero attached hydrogens (tertiary/aromatic N) is 1. The van der Waals surface area contributed by atoms with Crippen molar-refractivity contribution >= 4 is 11.6 Å². The summed E-state index contributed by atoms with van der Waals surface area (Å²) in [5.41, 5.74) is 9.28. The molecule has 0 saturated carbocycles. The highest BCUT2D eigenvalue weighted by Gasteiger charge is 2.11. The second kappa shape index (κ2) is 18.6. The Labute approximate surface area is 179 Å². The molecule has 0 amide bonds. The van der Waals surface area contributed by atoms with Crippen LogP contribution in [0.3, 0.4) is 0 Å². The van der Waals surface area contributed by atoms with Gasteiger partial charge in [0.2, 0.25) is 0 Å². The molecule has 0 rings (SSSR count). The van der Waals surface area contributed by atoms with Crippen LogP contribution in [0.5, 0.6) is 0 Å². The van der Waals surface area contributed by atoms with E-state index >= 15 is 0 Å². The molecule has 3 nitrogen and oxygen atoms in total. The minimum absolute atomic E-state index is 0.483. The smallest absolute Gasteiger partial charge is 0.0441 e. The van der Waals surface area contributed by atoms with Crippen molar-refractivity contribution < 1.29 is 0 Å². The van der Waals surface area contributed by atoms with Crippen LogP contribution in [0.2, 0.25) is 0 Å². The third-order valence-corrected chi connectivity index (χ3v) is 4.35. The van der Waals surface area contributed by atoms with E-state index in [9.17, 15) is 0 Å². The lowest BCUT2D eigenvalue weighted by atomic mass is 9.93. The molecule has 0 spiro atoms. The van der Waals surface area contributed by atoms with Crippen molar-refractivity contribution in [2.24, 2.45) is 5.92 Å². The van der Waals surface area contributed by atoms with Crippen molar-refractivity contribution in [3.8, 4) is 0 Å². The van der Waals surface area contributed by atoms with Crippen molar-refractivity contribution in [1.29, 1.82) is 0 Å². The Morgan fingerprint density at radius 1 is 1.18 bits per heavy atom. The molecule has 4 heteroatoms. The Kier molecular flexibility index (Phi) is 19.0. The molecule has 0 aliphatic heterocycles. The lowest BCUT2D eigenvalue weighted by Gasteiger charge is -2.25.